The third-order valence-corrected chi connectivity index (χ3v) is 5.06. The number of carbonyl (C=O) groups excluding carboxylic acids is 1. The van der Waals surface area contributed by atoms with Crippen LogP contribution in [0.25, 0.3) is 0 Å². The summed E-state index contributed by atoms with van der Waals surface area (Å²) in [7, 11) is 2.19. The fourth-order valence-corrected chi connectivity index (χ4v) is 3.76. The zero-order chi connectivity index (χ0) is 14.8. The van der Waals surface area contributed by atoms with E-state index in [1.165, 1.54) is 12.8 Å². The molecular formula is C17H24N2O2. The molecule has 2 bridgehead atoms. The zero-order valence-corrected chi connectivity index (χ0v) is 12.6. The second-order valence-corrected chi connectivity index (χ2v) is 6.28. The minimum absolute atomic E-state index is 0.0592. The van der Waals surface area contributed by atoms with Crippen molar-refractivity contribution in [2.45, 2.75) is 49.8 Å². The summed E-state index contributed by atoms with van der Waals surface area (Å²) in [6.45, 7) is 0.294. The molecule has 2 fully saturated rings. The number of nitrogens with zero attached hydrogens (tertiary/aromatic N) is 1. The van der Waals surface area contributed by atoms with Crippen molar-refractivity contribution in [1.29, 1.82) is 0 Å². The smallest absolute Gasteiger partial charge is 0.314 e. The van der Waals surface area contributed by atoms with Crippen molar-refractivity contribution < 1.29 is 9.53 Å². The summed E-state index contributed by atoms with van der Waals surface area (Å²) in [6.07, 6.45) is 4.45. The standard InChI is InChI=1S/C17H24N2O2/c1-19-13-7-8-14(19)10-15(9-13)21-17(20)16(11-18)12-5-3-2-4-6-12/h2-6,13-16H,7-11,18H2,1H3/t13-,14-,16?/m0/s1. The summed E-state index contributed by atoms with van der Waals surface area (Å²) in [5.41, 5.74) is 6.74. The van der Waals surface area contributed by atoms with E-state index in [9.17, 15) is 4.79 Å². The van der Waals surface area contributed by atoms with Crippen LogP contribution in [0, 0.1) is 0 Å². The molecule has 0 aromatic heterocycles. The lowest BCUT2D eigenvalue weighted by atomic mass is 9.98. The molecule has 0 spiro atoms. The second kappa shape index (κ2) is 6.16. The number of fused-ring (bicyclic) bond motifs is 2. The molecule has 1 unspecified atom stereocenters. The van der Waals surface area contributed by atoms with Gasteiger partial charge < -0.3 is 15.4 Å². The largest absolute Gasteiger partial charge is 0.462 e. The molecule has 1 aromatic carbocycles. The highest BCUT2D eigenvalue weighted by molar-refractivity contribution is 5.78. The molecule has 0 radical (unpaired) electrons. The van der Waals surface area contributed by atoms with Gasteiger partial charge in [-0.3, -0.25) is 4.79 Å². The van der Waals surface area contributed by atoms with Gasteiger partial charge in [-0.2, -0.15) is 0 Å². The van der Waals surface area contributed by atoms with Gasteiger partial charge in [0, 0.05) is 18.6 Å². The van der Waals surface area contributed by atoms with Crippen LogP contribution in [0.3, 0.4) is 0 Å². The molecule has 0 saturated carbocycles. The molecule has 2 N–H and O–H groups in total. The van der Waals surface area contributed by atoms with Crippen LogP contribution >= 0.6 is 0 Å². The Morgan fingerprint density at radius 2 is 1.90 bits per heavy atom. The van der Waals surface area contributed by atoms with Gasteiger partial charge in [0.25, 0.3) is 0 Å². The first-order chi connectivity index (χ1) is 10.2. The molecule has 4 nitrogen and oxygen atoms in total. The molecule has 2 heterocycles. The van der Waals surface area contributed by atoms with Crippen molar-refractivity contribution in [1.82, 2.24) is 4.90 Å². The van der Waals surface area contributed by atoms with Gasteiger partial charge in [0.15, 0.2) is 0 Å². The van der Waals surface area contributed by atoms with E-state index in [4.69, 9.17) is 10.5 Å². The maximum absolute atomic E-state index is 12.4. The predicted octanol–water partition coefficient (Wildman–Crippen LogP) is 1.90. The summed E-state index contributed by atoms with van der Waals surface area (Å²) >= 11 is 0. The molecule has 3 atom stereocenters. The van der Waals surface area contributed by atoms with Crippen LogP contribution in [0.2, 0.25) is 0 Å². The lowest BCUT2D eigenvalue weighted by Crippen LogP contribution is -2.44. The molecule has 0 aliphatic carbocycles. The topological polar surface area (TPSA) is 55.6 Å². The summed E-state index contributed by atoms with van der Waals surface area (Å²) in [5.74, 6) is -0.513. The quantitative estimate of drug-likeness (QED) is 0.860. The van der Waals surface area contributed by atoms with Gasteiger partial charge >= 0.3 is 5.97 Å². The van der Waals surface area contributed by atoms with Gasteiger partial charge in [-0.05, 0) is 38.3 Å². The van der Waals surface area contributed by atoms with Gasteiger partial charge in [0.2, 0.25) is 0 Å². The van der Waals surface area contributed by atoms with Crippen molar-refractivity contribution in [2.24, 2.45) is 5.73 Å². The van der Waals surface area contributed by atoms with Crippen LogP contribution in [-0.4, -0.2) is 42.6 Å². The van der Waals surface area contributed by atoms with Crippen LogP contribution in [0.4, 0.5) is 0 Å². The number of hydrogen-bond acceptors (Lipinski definition) is 4. The van der Waals surface area contributed by atoms with E-state index < -0.39 is 0 Å². The number of carbonyl (C=O) groups is 1. The van der Waals surface area contributed by atoms with Crippen molar-refractivity contribution in [3.63, 3.8) is 0 Å². The number of ether oxygens (including phenoxy) is 1. The monoisotopic (exact) mass is 288 g/mol. The van der Waals surface area contributed by atoms with E-state index in [2.05, 4.69) is 11.9 Å². The highest BCUT2D eigenvalue weighted by Crippen LogP contribution is 2.36. The van der Waals surface area contributed by atoms with Crippen molar-refractivity contribution >= 4 is 5.97 Å². The second-order valence-electron chi connectivity index (χ2n) is 6.28. The summed E-state index contributed by atoms with van der Waals surface area (Å²) in [5, 5.41) is 0. The van der Waals surface area contributed by atoms with Gasteiger partial charge in [0.1, 0.15) is 6.10 Å². The van der Waals surface area contributed by atoms with E-state index in [1.54, 1.807) is 0 Å². The van der Waals surface area contributed by atoms with E-state index >= 15 is 0 Å². The molecule has 21 heavy (non-hydrogen) atoms. The van der Waals surface area contributed by atoms with Gasteiger partial charge in [-0.15, -0.1) is 0 Å². The van der Waals surface area contributed by atoms with E-state index in [1.807, 2.05) is 30.3 Å². The molecule has 1 aromatic rings. The predicted molar refractivity (Wildman–Crippen MR) is 81.9 cm³/mol. The number of nitrogens with two attached hydrogens (primary N) is 1. The third kappa shape index (κ3) is 2.97. The highest BCUT2D eigenvalue weighted by Gasteiger charge is 2.40. The molecule has 2 aliphatic heterocycles. The van der Waals surface area contributed by atoms with E-state index in [0.717, 1.165) is 18.4 Å². The average Bonchev–Trinajstić information content (AvgIpc) is 2.72. The normalized spacial score (nSPS) is 30.1. The molecule has 3 rings (SSSR count). The van der Waals surface area contributed by atoms with E-state index in [0.29, 0.717) is 18.6 Å². The Morgan fingerprint density at radius 1 is 1.29 bits per heavy atom. The van der Waals surface area contributed by atoms with Crippen LogP contribution in [0.15, 0.2) is 30.3 Å². The average molecular weight is 288 g/mol. The Balaban J connectivity index is 1.63. The van der Waals surface area contributed by atoms with Gasteiger partial charge in [0.05, 0.1) is 5.92 Å². The summed E-state index contributed by atoms with van der Waals surface area (Å²) in [4.78, 5) is 14.9. The fraction of sp³-hybridized carbons (Fsp3) is 0.588. The Labute approximate surface area is 126 Å². The molecular weight excluding hydrogens is 264 g/mol. The third-order valence-electron chi connectivity index (χ3n) is 5.06. The summed E-state index contributed by atoms with van der Waals surface area (Å²) < 4.78 is 5.78. The first kappa shape index (κ1) is 14.5. The lowest BCUT2D eigenvalue weighted by molar-refractivity contribution is -0.154. The number of esters is 1. The van der Waals surface area contributed by atoms with Crippen LogP contribution in [0.5, 0.6) is 0 Å². The molecule has 2 aliphatic rings. The molecule has 114 valence electrons. The van der Waals surface area contributed by atoms with E-state index in [-0.39, 0.29) is 18.0 Å². The lowest BCUT2D eigenvalue weighted by Gasteiger charge is -2.36. The maximum Gasteiger partial charge on any atom is 0.314 e. The number of piperidine rings is 1. The maximum atomic E-state index is 12.4. The minimum atomic E-state index is -0.344. The number of benzene rings is 1. The van der Waals surface area contributed by atoms with Crippen LogP contribution in [-0.2, 0) is 9.53 Å². The van der Waals surface area contributed by atoms with Crippen LogP contribution in [0.1, 0.15) is 37.2 Å². The molecule has 4 heteroatoms. The first-order valence-electron chi connectivity index (χ1n) is 7.86. The Kier molecular flexibility index (Phi) is 4.27. The van der Waals surface area contributed by atoms with Crippen molar-refractivity contribution in [3.05, 3.63) is 35.9 Å². The van der Waals surface area contributed by atoms with Gasteiger partial charge in [-0.25, -0.2) is 0 Å². The minimum Gasteiger partial charge on any atom is -0.462 e. The molecule has 0 amide bonds. The Bertz CT molecular complexity index is 477. The van der Waals surface area contributed by atoms with Crippen molar-refractivity contribution in [2.75, 3.05) is 13.6 Å². The fourth-order valence-electron chi connectivity index (χ4n) is 3.76. The Hall–Kier alpha value is -1.39. The number of hydrogen-bond donors (Lipinski definition) is 1. The van der Waals surface area contributed by atoms with Gasteiger partial charge in [-0.1, -0.05) is 30.3 Å². The van der Waals surface area contributed by atoms with Crippen LogP contribution < -0.4 is 5.73 Å². The van der Waals surface area contributed by atoms with Crippen molar-refractivity contribution in [3.8, 4) is 0 Å². The Morgan fingerprint density at radius 3 is 2.48 bits per heavy atom. The number of rotatable bonds is 4. The summed E-state index contributed by atoms with van der Waals surface area (Å²) in [6, 6.07) is 10.8. The zero-order valence-electron chi connectivity index (χ0n) is 12.6. The molecule has 2 saturated heterocycles. The first-order valence-corrected chi connectivity index (χ1v) is 7.86. The SMILES string of the molecule is CN1[C@H]2CC[C@H]1CC(OC(=O)C(CN)c1ccccc1)C2. The highest BCUT2D eigenvalue weighted by atomic mass is 16.5.